The average Bonchev–Trinajstić information content (AvgIpc) is 2.36. The molecule has 0 amide bonds. The predicted octanol–water partition coefficient (Wildman–Crippen LogP) is 3.19. The number of hydrogen-bond acceptors (Lipinski definition) is 2. The van der Waals surface area contributed by atoms with Crippen LogP contribution in [0.25, 0.3) is 0 Å². The topological polar surface area (TPSA) is 29.5 Å². The van der Waals surface area contributed by atoms with Crippen LogP contribution in [0.15, 0.2) is 0 Å². The van der Waals surface area contributed by atoms with Crippen molar-refractivity contribution in [1.29, 1.82) is 0 Å². The van der Waals surface area contributed by atoms with Gasteiger partial charge >= 0.3 is 12.4 Å². The highest BCUT2D eigenvalue weighted by Crippen LogP contribution is 2.37. The van der Waals surface area contributed by atoms with Crippen molar-refractivity contribution in [2.45, 2.75) is 62.8 Å². The summed E-state index contributed by atoms with van der Waals surface area (Å²) >= 11 is 0. The van der Waals surface area contributed by atoms with E-state index < -0.39 is 30.7 Å². The van der Waals surface area contributed by atoms with Crippen LogP contribution in [0, 0.1) is 0 Å². The first-order valence-electron chi connectivity index (χ1n) is 5.59. The second-order valence-corrected chi connectivity index (χ2v) is 4.34. The second-order valence-electron chi connectivity index (χ2n) is 4.34. The molecule has 0 aromatic rings. The summed E-state index contributed by atoms with van der Waals surface area (Å²) in [4.78, 5) is 0. The van der Waals surface area contributed by atoms with Gasteiger partial charge in [0, 0.05) is 0 Å². The first-order chi connectivity index (χ1) is 8.12. The van der Waals surface area contributed by atoms with E-state index >= 15 is 0 Å². The molecule has 1 saturated carbocycles. The maximum Gasteiger partial charge on any atom is 0.423 e. The van der Waals surface area contributed by atoms with E-state index in [4.69, 9.17) is 0 Å². The molecule has 2 nitrogen and oxygen atoms in total. The maximum absolute atomic E-state index is 12.3. The van der Waals surface area contributed by atoms with Crippen molar-refractivity contribution in [1.82, 2.24) is 0 Å². The summed E-state index contributed by atoms with van der Waals surface area (Å²) in [6, 6.07) is 0. The van der Waals surface area contributed by atoms with Gasteiger partial charge in [-0.1, -0.05) is 19.3 Å². The number of aliphatic hydroxyl groups excluding tert-OH is 1. The van der Waals surface area contributed by atoms with Crippen molar-refractivity contribution in [2.75, 3.05) is 0 Å². The van der Waals surface area contributed by atoms with Crippen molar-refractivity contribution in [2.24, 2.45) is 0 Å². The van der Waals surface area contributed by atoms with Gasteiger partial charge in [-0.15, -0.1) is 0 Å². The Balaban J connectivity index is 2.76. The van der Waals surface area contributed by atoms with Gasteiger partial charge in [0.15, 0.2) is 0 Å². The highest BCUT2D eigenvalue weighted by atomic mass is 19.4. The number of ether oxygens (including phenoxy) is 1. The summed E-state index contributed by atoms with van der Waals surface area (Å²) < 4.78 is 77.8. The van der Waals surface area contributed by atoms with E-state index in [0.717, 1.165) is 0 Å². The maximum atomic E-state index is 12.3. The molecule has 0 radical (unpaired) electrons. The zero-order valence-corrected chi connectivity index (χ0v) is 9.39. The third kappa shape index (κ3) is 4.31. The van der Waals surface area contributed by atoms with Gasteiger partial charge in [0.25, 0.3) is 0 Å². The van der Waals surface area contributed by atoms with Crippen LogP contribution in [0.3, 0.4) is 0 Å². The Labute approximate surface area is 99.9 Å². The van der Waals surface area contributed by atoms with Crippen LogP contribution in [-0.2, 0) is 4.74 Å². The molecule has 0 aliphatic heterocycles. The van der Waals surface area contributed by atoms with Crippen molar-refractivity contribution < 1.29 is 36.2 Å². The summed E-state index contributed by atoms with van der Waals surface area (Å²) in [7, 11) is 0. The van der Waals surface area contributed by atoms with E-state index in [1.807, 2.05) is 0 Å². The van der Waals surface area contributed by atoms with Crippen molar-refractivity contribution >= 4 is 0 Å². The normalized spacial score (nSPS) is 27.3. The fourth-order valence-corrected chi connectivity index (χ4v) is 1.93. The standard InChI is InChI=1S/C10H14F6O2/c11-9(12,13)8(10(14,15)16)18-7-5-3-1-2-4-6(7)17/h6-8,17H,1-5H2. The molecule has 1 N–H and O–H groups in total. The predicted molar refractivity (Wildman–Crippen MR) is 49.9 cm³/mol. The third-order valence-electron chi connectivity index (χ3n) is 2.82. The van der Waals surface area contributed by atoms with E-state index in [9.17, 15) is 31.4 Å². The van der Waals surface area contributed by atoms with E-state index in [0.29, 0.717) is 19.3 Å². The third-order valence-corrected chi connectivity index (χ3v) is 2.82. The number of hydrogen-bond donors (Lipinski definition) is 1. The average molecular weight is 280 g/mol. The molecule has 1 fully saturated rings. The zero-order chi connectivity index (χ0) is 14.0. The van der Waals surface area contributed by atoms with Crippen LogP contribution in [-0.4, -0.2) is 35.8 Å². The van der Waals surface area contributed by atoms with Gasteiger partial charge in [0.1, 0.15) is 0 Å². The summed E-state index contributed by atoms with van der Waals surface area (Å²) in [5.74, 6) is 0. The molecule has 1 aliphatic rings. The summed E-state index contributed by atoms with van der Waals surface area (Å²) in [5, 5.41) is 9.47. The molecule has 0 aromatic heterocycles. The molecule has 0 heterocycles. The Morgan fingerprint density at radius 1 is 0.889 bits per heavy atom. The minimum Gasteiger partial charge on any atom is -0.390 e. The van der Waals surface area contributed by atoms with Crippen LogP contribution in [0.5, 0.6) is 0 Å². The molecule has 0 bridgehead atoms. The SMILES string of the molecule is OC1CCCCCC1OC(C(F)(F)F)C(F)(F)F. The van der Waals surface area contributed by atoms with Crippen LogP contribution < -0.4 is 0 Å². The summed E-state index contributed by atoms with van der Waals surface area (Å²) in [6.07, 6.45) is -15.7. The highest BCUT2D eigenvalue weighted by Gasteiger charge is 2.59. The molecule has 2 atom stereocenters. The minimum absolute atomic E-state index is 0.00380. The van der Waals surface area contributed by atoms with Gasteiger partial charge in [-0.05, 0) is 12.8 Å². The molecule has 108 valence electrons. The van der Waals surface area contributed by atoms with E-state index in [-0.39, 0.29) is 12.8 Å². The lowest BCUT2D eigenvalue weighted by atomic mass is 10.1. The van der Waals surface area contributed by atoms with Gasteiger partial charge in [0.05, 0.1) is 12.2 Å². The fourth-order valence-electron chi connectivity index (χ4n) is 1.93. The molecule has 2 unspecified atom stereocenters. The first kappa shape index (κ1) is 15.6. The second kappa shape index (κ2) is 5.64. The minimum atomic E-state index is -5.52. The Morgan fingerprint density at radius 3 is 1.89 bits per heavy atom. The van der Waals surface area contributed by atoms with E-state index in [1.54, 1.807) is 0 Å². The van der Waals surface area contributed by atoms with Crippen LogP contribution in [0.2, 0.25) is 0 Å². The molecule has 1 rings (SSSR count). The number of rotatable bonds is 2. The van der Waals surface area contributed by atoms with Gasteiger partial charge < -0.3 is 9.84 Å². The first-order valence-corrected chi connectivity index (χ1v) is 5.59. The number of aliphatic hydroxyl groups is 1. The lowest BCUT2D eigenvalue weighted by Crippen LogP contribution is -2.48. The van der Waals surface area contributed by atoms with Crippen molar-refractivity contribution in [3.63, 3.8) is 0 Å². The van der Waals surface area contributed by atoms with Crippen LogP contribution >= 0.6 is 0 Å². The molecule has 0 saturated heterocycles. The van der Waals surface area contributed by atoms with Crippen molar-refractivity contribution in [3.05, 3.63) is 0 Å². The molecule has 0 aromatic carbocycles. The van der Waals surface area contributed by atoms with E-state index in [1.165, 1.54) is 0 Å². The van der Waals surface area contributed by atoms with E-state index in [2.05, 4.69) is 4.74 Å². The lowest BCUT2D eigenvalue weighted by molar-refractivity contribution is -0.335. The Bertz CT molecular complexity index is 248. The quantitative estimate of drug-likeness (QED) is 0.622. The van der Waals surface area contributed by atoms with Gasteiger partial charge in [-0.25, -0.2) is 0 Å². The largest absolute Gasteiger partial charge is 0.423 e. The molecule has 8 heteroatoms. The lowest BCUT2D eigenvalue weighted by Gasteiger charge is -2.29. The van der Waals surface area contributed by atoms with Gasteiger partial charge in [0.2, 0.25) is 6.10 Å². The number of alkyl halides is 6. The molecular formula is C10H14F6O2. The van der Waals surface area contributed by atoms with Crippen LogP contribution in [0.4, 0.5) is 26.3 Å². The molecule has 18 heavy (non-hydrogen) atoms. The van der Waals surface area contributed by atoms with Crippen molar-refractivity contribution in [3.8, 4) is 0 Å². The summed E-state index contributed by atoms with van der Waals surface area (Å²) in [6.45, 7) is 0. The molecular weight excluding hydrogens is 266 g/mol. The van der Waals surface area contributed by atoms with Crippen LogP contribution in [0.1, 0.15) is 32.1 Å². The van der Waals surface area contributed by atoms with Gasteiger partial charge in [-0.2, -0.15) is 26.3 Å². The monoisotopic (exact) mass is 280 g/mol. The Morgan fingerprint density at radius 2 is 1.39 bits per heavy atom. The number of halogens is 6. The molecule has 1 aliphatic carbocycles. The smallest absolute Gasteiger partial charge is 0.390 e. The fraction of sp³-hybridized carbons (Fsp3) is 1.00. The van der Waals surface area contributed by atoms with Gasteiger partial charge in [-0.3, -0.25) is 0 Å². The Hall–Kier alpha value is -0.500. The molecule has 0 spiro atoms. The summed E-state index contributed by atoms with van der Waals surface area (Å²) in [5.41, 5.74) is 0. The highest BCUT2D eigenvalue weighted by molar-refractivity contribution is 4.81. The Kier molecular flexibility index (Phi) is 4.88. The zero-order valence-electron chi connectivity index (χ0n) is 9.39.